The van der Waals surface area contributed by atoms with Crippen LogP contribution in [0.15, 0.2) is 24.3 Å². The van der Waals surface area contributed by atoms with Crippen LogP contribution < -0.4 is 10.6 Å². The first kappa shape index (κ1) is 16.3. The van der Waals surface area contributed by atoms with E-state index in [1.165, 1.54) is 0 Å². The van der Waals surface area contributed by atoms with Crippen molar-refractivity contribution in [3.8, 4) is 0 Å². The van der Waals surface area contributed by atoms with Crippen molar-refractivity contribution in [1.29, 1.82) is 0 Å². The molecule has 1 heterocycles. The maximum Gasteiger partial charge on any atom is 0.138 e. The van der Waals surface area contributed by atoms with Crippen molar-refractivity contribution in [1.82, 2.24) is 9.97 Å². The number of halogens is 2. The van der Waals surface area contributed by atoms with Gasteiger partial charge in [-0.25, -0.2) is 9.97 Å². The van der Waals surface area contributed by atoms with Crippen LogP contribution in [0.5, 0.6) is 0 Å². The molecule has 0 aliphatic rings. The van der Waals surface area contributed by atoms with Crippen molar-refractivity contribution in [2.75, 3.05) is 17.7 Å². The molecule has 0 bridgehead atoms. The maximum atomic E-state index is 6.26. The predicted molar refractivity (Wildman–Crippen MR) is 97.7 cm³/mol. The molecule has 2 N–H and O–H groups in total. The molecule has 0 aliphatic carbocycles. The van der Waals surface area contributed by atoms with Crippen LogP contribution in [-0.2, 0) is 5.41 Å². The van der Waals surface area contributed by atoms with Gasteiger partial charge in [-0.05, 0) is 40.8 Å². The third kappa shape index (κ3) is 4.20. The highest BCUT2D eigenvalue weighted by Gasteiger charge is 2.19. The summed E-state index contributed by atoms with van der Waals surface area (Å²) < 4.78 is 1.09. The zero-order chi connectivity index (χ0) is 15.6. The second kappa shape index (κ2) is 6.36. The van der Waals surface area contributed by atoms with Crippen LogP contribution in [0.3, 0.4) is 0 Å². The van der Waals surface area contributed by atoms with Crippen LogP contribution in [0.2, 0.25) is 5.02 Å². The van der Waals surface area contributed by atoms with E-state index in [-0.39, 0.29) is 5.41 Å². The normalized spacial score (nSPS) is 11.3. The van der Waals surface area contributed by atoms with Gasteiger partial charge in [0.25, 0.3) is 0 Å². The molecule has 4 nitrogen and oxygen atoms in total. The summed E-state index contributed by atoms with van der Waals surface area (Å²) in [5.41, 5.74) is 0.705. The SMILES string of the molecule is CNc1cc(Nc2ccc(I)cc2Cl)nc(C(C)(C)C)n1. The van der Waals surface area contributed by atoms with Crippen molar-refractivity contribution in [2.24, 2.45) is 0 Å². The number of hydrogen-bond acceptors (Lipinski definition) is 4. The second-order valence-electron chi connectivity index (χ2n) is 5.71. The van der Waals surface area contributed by atoms with E-state index in [9.17, 15) is 0 Å². The number of nitrogens with one attached hydrogen (secondary N) is 2. The smallest absolute Gasteiger partial charge is 0.138 e. The van der Waals surface area contributed by atoms with E-state index < -0.39 is 0 Å². The molecular weight excluding hydrogens is 399 g/mol. The third-order valence-electron chi connectivity index (χ3n) is 2.85. The van der Waals surface area contributed by atoms with Gasteiger partial charge in [0, 0.05) is 22.1 Å². The quantitative estimate of drug-likeness (QED) is 0.705. The molecule has 6 heteroatoms. The van der Waals surface area contributed by atoms with Gasteiger partial charge in [-0.15, -0.1) is 0 Å². The largest absolute Gasteiger partial charge is 0.373 e. The fraction of sp³-hybridized carbons (Fsp3) is 0.333. The van der Waals surface area contributed by atoms with E-state index in [4.69, 9.17) is 11.6 Å². The Kier molecular flexibility index (Phi) is 4.93. The molecule has 21 heavy (non-hydrogen) atoms. The lowest BCUT2D eigenvalue weighted by atomic mass is 9.96. The topological polar surface area (TPSA) is 49.8 Å². The zero-order valence-corrected chi connectivity index (χ0v) is 15.4. The van der Waals surface area contributed by atoms with Crippen LogP contribution in [0, 0.1) is 3.57 Å². The molecular formula is C15H18ClIN4. The number of anilines is 3. The summed E-state index contributed by atoms with van der Waals surface area (Å²) >= 11 is 8.49. The zero-order valence-electron chi connectivity index (χ0n) is 12.5. The molecule has 1 aromatic carbocycles. The Morgan fingerprint density at radius 2 is 1.76 bits per heavy atom. The molecule has 0 radical (unpaired) electrons. The Morgan fingerprint density at radius 3 is 2.33 bits per heavy atom. The summed E-state index contributed by atoms with van der Waals surface area (Å²) in [5, 5.41) is 6.99. The van der Waals surface area contributed by atoms with Crippen molar-refractivity contribution < 1.29 is 0 Å². The Labute approximate surface area is 143 Å². The van der Waals surface area contributed by atoms with Gasteiger partial charge in [0.15, 0.2) is 0 Å². The third-order valence-corrected chi connectivity index (χ3v) is 3.83. The predicted octanol–water partition coefficient (Wildman–Crippen LogP) is 4.82. The van der Waals surface area contributed by atoms with Gasteiger partial charge < -0.3 is 10.6 Å². The standard InChI is InChI=1S/C15H18ClIN4/c1-15(2,3)14-20-12(18-4)8-13(21-14)19-11-6-5-9(17)7-10(11)16/h5-8H,1-4H3,(H2,18,19,20,21). The summed E-state index contributed by atoms with van der Waals surface area (Å²) in [7, 11) is 1.84. The highest BCUT2D eigenvalue weighted by Crippen LogP contribution is 2.28. The van der Waals surface area contributed by atoms with Crippen molar-refractivity contribution in [2.45, 2.75) is 26.2 Å². The number of rotatable bonds is 3. The molecule has 0 saturated heterocycles. The Bertz CT molecular complexity index is 653. The molecule has 0 spiro atoms. The molecule has 2 aromatic rings. The van der Waals surface area contributed by atoms with Gasteiger partial charge >= 0.3 is 0 Å². The van der Waals surface area contributed by atoms with Crippen LogP contribution in [0.4, 0.5) is 17.3 Å². The number of aromatic nitrogens is 2. The molecule has 1 aromatic heterocycles. The molecule has 0 atom stereocenters. The maximum absolute atomic E-state index is 6.26. The van der Waals surface area contributed by atoms with E-state index >= 15 is 0 Å². The van der Waals surface area contributed by atoms with E-state index in [1.54, 1.807) is 0 Å². The Balaban J connectivity index is 2.39. The van der Waals surface area contributed by atoms with Gasteiger partial charge in [0.1, 0.15) is 17.5 Å². The summed E-state index contributed by atoms with van der Waals surface area (Å²) in [6.45, 7) is 6.26. The first-order valence-electron chi connectivity index (χ1n) is 6.59. The summed E-state index contributed by atoms with van der Waals surface area (Å²) in [4.78, 5) is 9.09. The second-order valence-corrected chi connectivity index (χ2v) is 7.36. The van der Waals surface area contributed by atoms with Gasteiger partial charge in [-0.2, -0.15) is 0 Å². The number of nitrogens with zero attached hydrogens (tertiary/aromatic N) is 2. The molecule has 0 fully saturated rings. The molecule has 0 amide bonds. The molecule has 112 valence electrons. The lowest BCUT2D eigenvalue weighted by molar-refractivity contribution is 0.547. The molecule has 0 unspecified atom stereocenters. The monoisotopic (exact) mass is 416 g/mol. The highest BCUT2D eigenvalue weighted by atomic mass is 127. The Morgan fingerprint density at radius 1 is 1.10 bits per heavy atom. The fourth-order valence-corrected chi connectivity index (χ4v) is 2.61. The van der Waals surface area contributed by atoms with E-state index in [1.807, 2.05) is 31.3 Å². The van der Waals surface area contributed by atoms with Gasteiger partial charge in [0.05, 0.1) is 10.7 Å². The van der Waals surface area contributed by atoms with Crippen molar-refractivity contribution in [3.05, 3.63) is 38.7 Å². The van der Waals surface area contributed by atoms with Crippen molar-refractivity contribution in [3.63, 3.8) is 0 Å². The summed E-state index contributed by atoms with van der Waals surface area (Å²) in [6.07, 6.45) is 0. The van der Waals surface area contributed by atoms with E-state index in [0.717, 1.165) is 26.7 Å². The minimum absolute atomic E-state index is 0.126. The van der Waals surface area contributed by atoms with E-state index in [2.05, 4.69) is 64.0 Å². The number of hydrogen-bond donors (Lipinski definition) is 2. The van der Waals surface area contributed by atoms with Gasteiger partial charge in [-0.1, -0.05) is 32.4 Å². The van der Waals surface area contributed by atoms with Gasteiger partial charge in [-0.3, -0.25) is 0 Å². The van der Waals surface area contributed by atoms with Crippen molar-refractivity contribution >= 4 is 51.5 Å². The lowest BCUT2D eigenvalue weighted by Gasteiger charge is -2.19. The molecule has 0 saturated carbocycles. The van der Waals surface area contributed by atoms with Crippen LogP contribution in [0.1, 0.15) is 26.6 Å². The minimum atomic E-state index is -0.126. The van der Waals surface area contributed by atoms with Crippen LogP contribution in [-0.4, -0.2) is 17.0 Å². The first-order valence-corrected chi connectivity index (χ1v) is 8.04. The summed E-state index contributed by atoms with van der Waals surface area (Å²) in [5.74, 6) is 2.28. The first-order chi connectivity index (χ1) is 9.79. The number of benzene rings is 1. The average molecular weight is 417 g/mol. The minimum Gasteiger partial charge on any atom is -0.373 e. The summed E-state index contributed by atoms with van der Waals surface area (Å²) in [6, 6.07) is 7.72. The molecule has 2 rings (SSSR count). The average Bonchev–Trinajstić information content (AvgIpc) is 2.40. The molecule has 0 aliphatic heterocycles. The highest BCUT2D eigenvalue weighted by molar-refractivity contribution is 14.1. The fourth-order valence-electron chi connectivity index (χ4n) is 1.70. The Hall–Kier alpha value is -1.08. The van der Waals surface area contributed by atoms with Crippen LogP contribution in [0.25, 0.3) is 0 Å². The van der Waals surface area contributed by atoms with Gasteiger partial charge in [0.2, 0.25) is 0 Å². The lowest BCUT2D eigenvalue weighted by Crippen LogP contribution is -2.17. The van der Waals surface area contributed by atoms with E-state index in [0.29, 0.717) is 5.02 Å². The van der Waals surface area contributed by atoms with Crippen LogP contribution >= 0.6 is 34.2 Å².